The number of alkyl carbamates (subject to hydrolysis) is 1. The van der Waals surface area contributed by atoms with Crippen molar-refractivity contribution in [1.82, 2.24) is 30.4 Å². The zero-order chi connectivity index (χ0) is 41.2. The molecule has 4 amide bonds. The summed E-state index contributed by atoms with van der Waals surface area (Å²) >= 11 is 3.51. The topological polar surface area (TPSA) is 163 Å². The zero-order valence-corrected chi connectivity index (χ0v) is 34.8. The standard InChI is InChI=1S/C43H50N6O7S2/c1-28(2)38(47-41(53)55-4)40(52)49-20-8-11-35(49)39-45-23-34(46-39)32-16-12-30(13-17-32)31-14-18-33(19-15-31)36(50)24-44-37(51)25-48(27-43(3)57-21-22-58-43)42(54)56-26-29-9-6-5-7-10-29/h5-7,9-10,12-19,23,28,35,38H,8,11,20-22,24-27H2,1-4H3,(H,44,51)(H,45,46)(H,47,53)/t35-,38?/m0/s1. The molecule has 2 aliphatic heterocycles. The van der Waals surface area contributed by atoms with E-state index < -0.39 is 24.1 Å². The Balaban J connectivity index is 1.02. The molecule has 0 spiro atoms. The Morgan fingerprint density at radius 3 is 2.26 bits per heavy atom. The quantitative estimate of drug-likeness (QED) is 0.107. The predicted octanol–water partition coefficient (Wildman–Crippen LogP) is 6.92. The summed E-state index contributed by atoms with van der Waals surface area (Å²) in [4.78, 5) is 76.0. The molecule has 3 heterocycles. The highest BCUT2D eigenvalue weighted by molar-refractivity contribution is 8.21. The molecule has 0 saturated carbocycles. The van der Waals surface area contributed by atoms with E-state index in [4.69, 9.17) is 9.47 Å². The Morgan fingerprint density at radius 1 is 0.948 bits per heavy atom. The minimum atomic E-state index is -0.706. The van der Waals surface area contributed by atoms with Crippen LogP contribution < -0.4 is 10.6 Å². The number of Topliss-reactive ketones (excluding diaryl/α,β-unsaturated/α-hetero) is 1. The minimum Gasteiger partial charge on any atom is -0.453 e. The maximum Gasteiger partial charge on any atom is 0.410 e. The number of methoxy groups -OCH3 is 1. The molecule has 2 saturated heterocycles. The number of carbonyl (C=O) groups excluding carboxylic acids is 5. The largest absolute Gasteiger partial charge is 0.453 e. The smallest absolute Gasteiger partial charge is 0.410 e. The fourth-order valence-electron chi connectivity index (χ4n) is 7.04. The molecule has 2 fully saturated rings. The van der Waals surface area contributed by atoms with Gasteiger partial charge in [-0.1, -0.05) is 92.7 Å². The first kappa shape index (κ1) is 42.3. The monoisotopic (exact) mass is 826 g/mol. The summed E-state index contributed by atoms with van der Waals surface area (Å²) in [6.45, 7) is 6.42. The molecule has 6 rings (SSSR count). The van der Waals surface area contributed by atoms with Crippen molar-refractivity contribution in [1.29, 1.82) is 0 Å². The van der Waals surface area contributed by atoms with Crippen LogP contribution in [0.3, 0.4) is 0 Å². The Labute approximate surface area is 347 Å². The van der Waals surface area contributed by atoms with E-state index in [0.717, 1.165) is 52.3 Å². The Bertz CT molecular complexity index is 2050. The third kappa shape index (κ3) is 10.8. The molecule has 3 N–H and O–H groups in total. The number of nitrogens with one attached hydrogen (secondary N) is 3. The van der Waals surface area contributed by atoms with E-state index in [1.165, 1.54) is 12.0 Å². The maximum atomic E-state index is 13.5. The predicted molar refractivity (Wildman–Crippen MR) is 226 cm³/mol. The number of ether oxygens (including phenoxy) is 2. The van der Waals surface area contributed by atoms with Crippen molar-refractivity contribution in [2.24, 2.45) is 5.92 Å². The molecule has 0 radical (unpaired) electrons. The summed E-state index contributed by atoms with van der Waals surface area (Å²) in [7, 11) is 1.28. The summed E-state index contributed by atoms with van der Waals surface area (Å²) in [5.74, 6) is 1.66. The molecule has 0 aliphatic carbocycles. The van der Waals surface area contributed by atoms with Gasteiger partial charge in [-0.05, 0) is 47.9 Å². The molecule has 1 unspecified atom stereocenters. The number of aromatic amines is 1. The first-order valence-corrected chi connectivity index (χ1v) is 21.3. The van der Waals surface area contributed by atoms with Crippen LogP contribution in [0.2, 0.25) is 0 Å². The Hall–Kier alpha value is -5.28. The summed E-state index contributed by atoms with van der Waals surface area (Å²) in [6.07, 6.45) is 2.14. The van der Waals surface area contributed by atoms with Gasteiger partial charge >= 0.3 is 12.2 Å². The number of amides is 4. The van der Waals surface area contributed by atoms with E-state index in [-0.39, 0.29) is 47.4 Å². The second kappa shape index (κ2) is 19.4. The number of H-pyrrole nitrogens is 1. The highest BCUT2D eigenvalue weighted by Crippen LogP contribution is 2.44. The van der Waals surface area contributed by atoms with Crippen LogP contribution in [0.25, 0.3) is 22.4 Å². The van der Waals surface area contributed by atoms with Gasteiger partial charge in [0.25, 0.3) is 0 Å². The van der Waals surface area contributed by atoms with Crippen molar-refractivity contribution in [2.45, 2.75) is 56.4 Å². The molecule has 3 aromatic carbocycles. The fourth-order valence-corrected chi connectivity index (χ4v) is 9.89. The molecule has 58 heavy (non-hydrogen) atoms. The maximum absolute atomic E-state index is 13.5. The minimum absolute atomic E-state index is 0.0993. The number of imidazole rings is 1. The SMILES string of the molecule is COC(=O)NC(C(=O)N1CCC[C@H]1c1ncc(-c2ccc(-c3ccc(C(=O)CNC(=O)CN(CC4(C)SCCS4)C(=O)OCc4ccccc4)cc3)cc2)[nH]1)C(C)C. The molecule has 0 bridgehead atoms. The van der Waals surface area contributed by atoms with Crippen molar-refractivity contribution in [3.05, 3.63) is 102 Å². The number of ketones is 1. The molecular weight excluding hydrogens is 777 g/mol. The number of thioether (sulfide) groups is 2. The van der Waals surface area contributed by atoms with Crippen LogP contribution in [-0.2, 0) is 25.7 Å². The van der Waals surface area contributed by atoms with Crippen molar-refractivity contribution < 1.29 is 33.4 Å². The van der Waals surface area contributed by atoms with Gasteiger partial charge in [0.2, 0.25) is 11.8 Å². The number of benzene rings is 3. The third-order valence-electron chi connectivity index (χ3n) is 10.2. The molecule has 15 heteroatoms. The lowest BCUT2D eigenvalue weighted by Gasteiger charge is -2.30. The summed E-state index contributed by atoms with van der Waals surface area (Å²) in [6, 6.07) is 23.6. The summed E-state index contributed by atoms with van der Waals surface area (Å²) in [5.41, 5.74) is 4.91. The van der Waals surface area contributed by atoms with Gasteiger partial charge in [-0.25, -0.2) is 14.6 Å². The molecular formula is C43H50N6O7S2. The van der Waals surface area contributed by atoms with Crippen molar-refractivity contribution >= 4 is 53.3 Å². The van der Waals surface area contributed by atoms with Crippen LogP contribution >= 0.6 is 23.5 Å². The molecule has 4 aromatic rings. The van der Waals surface area contributed by atoms with E-state index in [1.807, 2.05) is 80.6 Å². The van der Waals surface area contributed by atoms with E-state index in [1.54, 1.807) is 46.8 Å². The number of aromatic nitrogens is 2. The first-order chi connectivity index (χ1) is 27.9. The van der Waals surface area contributed by atoms with E-state index >= 15 is 0 Å². The molecule has 13 nitrogen and oxygen atoms in total. The summed E-state index contributed by atoms with van der Waals surface area (Å²) < 4.78 is 10.1. The van der Waals surface area contributed by atoms with Crippen molar-refractivity contribution in [3.8, 4) is 22.4 Å². The van der Waals surface area contributed by atoms with Gasteiger partial charge in [0.15, 0.2) is 5.78 Å². The first-order valence-electron chi connectivity index (χ1n) is 19.4. The van der Waals surface area contributed by atoms with Gasteiger partial charge in [0.05, 0.1) is 35.7 Å². The molecule has 2 atom stereocenters. The number of carbonyl (C=O) groups is 5. The second-order valence-corrected chi connectivity index (χ2v) is 18.3. The third-order valence-corrected chi connectivity index (χ3v) is 13.5. The van der Waals surface area contributed by atoms with Gasteiger partial charge in [0.1, 0.15) is 25.0 Å². The van der Waals surface area contributed by atoms with Gasteiger partial charge < -0.3 is 30.0 Å². The van der Waals surface area contributed by atoms with Crippen LogP contribution in [0.15, 0.2) is 85.1 Å². The normalized spacial score (nSPS) is 16.4. The van der Waals surface area contributed by atoms with Gasteiger partial charge in [-0.3, -0.25) is 19.3 Å². The number of nitrogens with zero attached hydrogens (tertiary/aromatic N) is 3. The van der Waals surface area contributed by atoms with Crippen molar-refractivity contribution in [2.75, 3.05) is 44.8 Å². The Morgan fingerprint density at radius 2 is 1.60 bits per heavy atom. The number of hydrogen-bond acceptors (Lipinski definition) is 10. The van der Waals surface area contributed by atoms with Crippen molar-refractivity contribution in [3.63, 3.8) is 0 Å². The van der Waals surface area contributed by atoms with Crippen LogP contribution in [0.5, 0.6) is 0 Å². The molecule has 1 aromatic heterocycles. The number of rotatable bonds is 15. The fraction of sp³-hybridized carbons (Fsp3) is 0.395. The average molecular weight is 827 g/mol. The van der Waals surface area contributed by atoms with E-state index in [2.05, 4.69) is 27.5 Å². The van der Waals surface area contributed by atoms with Crippen LogP contribution in [-0.4, -0.2) is 104 Å². The van der Waals surface area contributed by atoms with E-state index in [0.29, 0.717) is 24.5 Å². The Kier molecular flexibility index (Phi) is 14.2. The zero-order valence-electron chi connectivity index (χ0n) is 33.2. The van der Waals surface area contributed by atoms with Gasteiger partial charge in [-0.15, -0.1) is 23.5 Å². The van der Waals surface area contributed by atoms with Gasteiger partial charge in [0, 0.05) is 30.2 Å². The van der Waals surface area contributed by atoms with E-state index in [9.17, 15) is 24.0 Å². The number of likely N-dealkylation sites (tertiary alicyclic amines) is 1. The van der Waals surface area contributed by atoms with Crippen LogP contribution in [0.4, 0.5) is 9.59 Å². The molecule has 306 valence electrons. The van der Waals surface area contributed by atoms with Crippen LogP contribution in [0, 0.1) is 5.92 Å². The second-order valence-electron chi connectivity index (χ2n) is 14.8. The van der Waals surface area contributed by atoms with Gasteiger partial charge in [-0.2, -0.15) is 0 Å². The summed E-state index contributed by atoms with van der Waals surface area (Å²) in [5, 5.41) is 5.37. The molecule has 2 aliphatic rings. The highest BCUT2D eigenvalue weighted by atomic mass is 32.2. The number of hydrogen-bond donors (Lipinski definition) is 3. The highest BCUT2D eigenvalue weighted by Gasteiger charge is 2.38. The van der Waals surface area contributed by atoms with Crippen LogP contribution in [0.1, 0.15) is 61.4 Å². The lowest BCUT2D eigenvalue weighted by Crippen LogP contribution is -2.51. The lowest BCUT2D eigenvalue weighted by molar-refractivity contribution is -0.135. The lowest BCUT2D eigenvalue weighted by atomic mass is 10.0. The average Bonchev–Trinajstić information content (AvgIpc) is 4.03.